The van der Waals surface area contributed by atoms with Crippen LogP contribution in [0.1, 0.15) is 47.8 Å². The van der Waals surface area contributed by atoms with Crippen molar-refractivity contribution in [1.82, 2.24) is 14.8 Å². The number of amides is 2. The number of hydrogen-bond acceptors (Lipinski definition) is 2. The van der Waals surface area contributed by atoms with Crippen LogP contribution in [0, 0.1) is 5.92 Å². The van der Waals surface area contributed by atoms with Gasteiger partial charge >= 0.3 is 0 Å². The smallest absolute Gasteiger partial charge is 0.255 e. The van der Waals surface area contributed by atoms with Crippen LogP contribution >= 0.6 is 0 Å². The number of carbonyl (C=O) groups excluding carboxylic acids is 2. The topological polar surface area (TPSA) is 54.3 Å². The third-order valence-electron chi connectivity index (χ3n) is 5.64. The van der Waals surface area contributed by atoms with Crippen molar-refractivity contribution in [2.75, 3.05) is 13.1 Å². The summed E-state index contributed by atoms with van der Waals surface area (Å²) < 4.78 is 2.08. The lowest BCUT2D eigenvalue weighted by molar-refractivity contribution is -0.122. The summed E-state index contributed by atoms with van der Waals surface area (Å²) in [5.74, 6) is 0.325. The van der Waals surface area contributed by atoms with Gasteiger partial charge < -0.3 is 14.8 Å². The first-order valence-electron chi connectivity index (χ1n) is 10.2. The van der Waals surface area contributed by atoms with E-state index in [1.165, 1.54) is 0 Å². The van der Waals surface area contributed by atoms with Gasteiger partial charge in [0.1, 0.15) is 6.54 Å². The summed E-state index contributed by atoms with van der Waals surface area (Å²) in [5.41, 5.74) is 3.81. The standard InChI is InChI=1S/C24H27N3O2/c1-16(2)12-13-25-22(28)15-27-23(18-9-4-5-10-19(18)24(27)29)20-14-26(3)21-11-7-6-8-17(20)21/h4-11,14,16,23H,12-13,15H2,1-3H3,(H,25,28)/t23-/m0/s1. The SMILES string of the molecule is CC(C)CCNC(=O)CN1C(=O)c2ccccc2[C@H]1c1cn(C)c2ccccc12. The number of benzene rings is 2. The highest BCUT2D eigenvalue weighted by atomic mass is 16.2. The van der Waals surface area contributed by atoms with Crippen LogP contribution in [0.5, 0.6) is 0 Å². The monoisotopic (exact) mass is 389 g/mol. The average molecular weight is 389 g/mol. The van der Waals surface area contributed by atoms with E-state index in [1.54, 1.807) is 4.90 Å². The summed E-state index contributed by atoms with van der Waals surface area (Å²) in [7, 11) is 2.01. The van der Waals surface area contributed by atoms with E-state index in [4.69, 9.17) is 0 Å². The van der Waals surface area contributed by atoms with E-state index < -0.39 is 0 Å². The third kappa shape index (κ3) is 3.53. The number of nitrogens with one attached hydrogen (secondary N) is 1. The van der Waals surface area contributed by atoms with E-state index in [2.05, 4.69) is 42.1 Å². The van der Waals surface area contributed by atoms with Crippen molar-refractivity contribution < 1.29 is 9.59 Å². The van der Waals surface area contributed by atoms with E-state index in [0.29, 0.717) is 18.0 Å². The molecule has 0 spiro atoms. The fourth-order valence-corrected chi connectivity index (χ4v) is 4.17. The first-order valence-corrected chi connectivity index (χ1v) is 10.2. The molecule has 0 saturated carbocycles. The number of hydrogen-bond donors (Lipinski definition) is 1. The van der Waals surface area contributed by atoms with Crippen LogP contribution in [0.3, 0.4) is 0 Å². The van der Waals surface area contributed by atoms with Gasteiger partial charge in [0.2, 0.25) is 5.91 Å². The van der Waals surface area contributed by atoms with E-state index in [0.717, 1.165) is 28.5 Å². The van der Waals surface area contributed by atoms with Gasteiger partial charge in [0, 0.05) is 41.8 Å². The number of para-hydroxylation sites is 1. The minimum Gasteiger partial charge on any atom is -0.355 e. The molecule has 150 valence electrons. The van der Waals surface area contributed by atoms with Crippen LogP contribution in [-0.2, 0) is 11.8 Å². The van der Waals surface area contributed by atoms with Crippen LogP contribution in [-0.4, -0.2) is 34.4 Å². The number of aryl methyl sites for hydroxylation is 1. The Kier molecular flexibility index (Phi) is 5.14. The molecule has 0 fully saturated rings. The Morgan fingerprint density at radius 2 is 1.79 bits per heavy atom. The molecule has 0 radical (unpaired) electrons. The molecule has 1 N–H and O–H groups in total. The number of fused-ring (bicyclic) bond motifs is 2. The van der Waals surface area contributed by atoms with Crippen molar-refractivity contribution in [3.05, 3.63) is 71.4 Å². The number of aromatic nitrogens is 1. The lowest BCUT2D eigenvalue weighted by Gasteiger charge is -2.25. The van der Waals surface area contributed by atoms with Gasteiger partial charge in [-0.1, -0.05) is 50.2 Å². The van der Waals surface area contributed by atoms with Crippen molar-refractivity contribution in [2.24, 2.45) is 13.0 Å². The van der Waals surface area contributed by atoms with Gasteiger partial charge in [-0.25, -0.2) is 0 Å². The maximum Gasteiger partial charge on any atom is 0.255 e. The lowest BCUT2D eigenvalue weighted by atomic mass is 9.97. The number of carbonyl (C=O) groups is 2. The predicted octanol–water partition coefficient (Wildman–Crippen LogP) is 3.89. The molecule has 0 saturated heterocycles. The summed E-state index contributed by atoms with van der Waals surface area (Å²) in [6.07, 6.45) is 3.00. The van der Waals surface area contributed by atoms with Crippen molar-refractivity contribution in [3.63, 3.8) is 0 Å². The molecule has 29 heavy (non-hydrogen) atoms. The van der Waals surface area contributed by atoms with Crippen molar-refractivity contribution in [3.8, 4) is 0 Å². The van der Waals surface area contributed by atoms with Crippen LogP contribution in [0.15, 0.2) is 54.7 Å². The van der Waals surface area contributed by atoms with Crippen LogP contribution < -0.4 is 5.32 Å². The molecule has 1 aliphatic rings. The average Bonchev–Trinajstić information content (AvgIpc) is 3.17. The molecule has 2 aromatic carbocycles. The van der Waals surface area contributed by atoms with Crippen molar-refractivity contribution in [1.29, 1.82) is 0 Å². The van der Waals surface area contributed by atoms with Crippen molar-refractivity contribution >= 4 is 22.7 Å². The molecule has 1 atom stereocenters. The Bertz CT molecular complexity index is 1070. The van der Waals surface area contributed by atoms with Crippen molar-refractivity contribution in [2.45, 2.75) is 26.3 Å². The van der Waals surface area contributed by atoms with Gasteiger partial charge in [0.25, 0.3) is 5.91 Å². The van der Waals surface area contributed by atoms with Crippen LogP contribution in [0.4, 0.5) is 0 Å². The minimum atomic E-state index is -0.263. The highest BCUT2D eigenvalue weighted by Crippen LogP contribution is 2.41. The number of nitrogens with zero attached hydrogens (tertiary/aromatic N) is 2. The highest BCUT2D eigenvalue weighted by Gasteiger charge is 2.39. The molecule has 3 aromatic rings. The van der Waals surface area contributed by atoms with E-state index in [-0.39, 0.29) is 24.4 Å². The molecule has 5 heteroatoms. The molecule has 2 heterocycles. The Morgan fingerprint density at radius 1 is 1.07 bits per heavy atom. The molecule has 0 unspecified atom stereocenters. The van der Waals surface area contributed by atoms with Gasteiger partial charge in [-0.15, -0.1) is 0 Å². The van der Waals surface area contributed by atoms with Gasteiger partial charge in [-0.05, 0) is 30.0 Å². The van der Waals surface area contributed by atoms with E-state index in [1.807, 2.05) is 43.4 Å². The van der Waals surface area contributed by atoms with Crippen LogP contribution in [0.2, 0.25) is 0 Å². The molecule has 1 aromatic heterocycles. The zero-order valence-corrected chi connectivity index (χ0v) is 17.2. The second kappa shape index (κ2) is 7.74. The molecule has 0 bridgehead atoms. The Morgan fingerprint density at radius 3 is 2.59 bits per heavy atom. The van der Waals surface area contributed by atoms with E-state index >= 15 is 0 Å². The number of rotatable bonds is 6. The zero-order chi connectivity index (χ0) is 20.5. The van der Waals surface area contributed by atoms with Gasteiger partial charge in [0.15, 0.2) is 0 Å². The zero-order valence-electron chi connectivity index (χ0n) is 17.2. The minimum absolute atomic E-state index is 0.0551. The lowest BCUT2D eigenvalue weighted by Crippen LogP contribution is -2.40. The molecular weight excluding hydrogens is 362 g/mol. The fourth-order valence-electron chi connectivity index (χ4n) is 4.17. The molecule has 5 nitrogen and oxygen atoms in total. The summed E-state index contributed by atoms with van der Waals surface area (Å²) in [6.45, 7) is 4.94. The third-order valence-corrected chi connectivity index (χ3v) is 5.64. The molecule has 2 amide bonds. The Hall–Kier alpha value is -3.08. The molecule has 4 rings (SSSR count). The van der Waals surface area contributed by atoms with Gasteiger partial charge in [-0.3, -0.25) is 9.59 Å². The largest absolute Gasteiger partial charge is 0.355 e. The maximum absolute atomic E-state index is 13.2. The maximum atomic E-state index is 13.2. The summed E-state index contributed by atoms with van der Waals surface area (Å²) >= 11 is 0. The second-order valence-corrected chi connectivity index (χ2v) is 8.17. The first-order chi connectivity index (χ1) is 14.0. The summed E-state index contributed by atoms with van der Waals surface area (Å²) in [4.78, 5) is 27.5. The Balaban J connectivity index is 1.70. The second-order valence-electron chi connectivity index (χ2n) is 8.17. The molecule has 1 aliphatic heterocycles. The molecule has 0 aliphatic carbocycles. The normalized spacial score (nSPS) is 15.9. The first kappa shape index (κ1) is 19.2. The van der Waals surface area contributed by atoms with E-state index in [9.17, 15) is 9.59 Å². The summed E-state index contributed by atoms with van der Waals surface area (Å²) in [6, 6.07) is 15.6. The van der Waals surface area contributed by atoms with Gasteiger partial charge in [0.05, 0.1) is 6.04 Å². The quantitative estimate of drug-likeness (QED) is 0.695. The fraction of sp³-hybridized carbons (Fsp3) is 0.333. The molecular formula is C24H27N3O2. The van der Waals surface area contributed by atoms with Gasteiger partial charge in [-0.2, -0.15) is 0 Å². The predicted molar refractivity (Wildman–Crippen MR) is 115 cm³/mol. The highest BCUT2D eigenvalue weighted by molar-refractivity contribution is 6.02. The summed E-state index contributed by atoms with van der Waals surface area (Å²) in [5, 5.41) is 4.07. The Labute approximate surface area is 171 Å². The van der Waals surface area contributed by atoms with Crippen LogP contribution in [0.25, 0.3) is 10.9 Å².